The van der Waals surface area contributed by atoms with Crippen LogP contribution in [0.3, 0.4) is 0 Å². The van der Waals surface area contributed by atoms with Gasteiger partial charge in [0, 0.05) is 20.1 Å². The largest absolute Gasteiger partial charge is 0.496 e. The molecule has 4 nitrogen and oxygen atoms in total. The minimum absolute atomic E-state index is 0. The molecule has 0 aliphatic rings. The van der Waals surface area contributed by atoms with Gasteiger partial charge in [-0.1, -0.05) is 29.8 Å². The Bertz CT molecular complexity index is 722. The summed E-state index contributed by atoms with van der Waals surface area (Å²) >= 11 is 0. The van der Waals surface area contributed by atoms with Gasteiger partial charge in [0.25, 0.3) is 0 Å². The molecule has 0 heterocycles. The molecular weight excluding hydrogens is 444 g/mol. The quantitative estimate of drug-likeness (QED) is 0.368. The van der Waals surface area contributed by atoms with Crippen LogP contribution in [0.2, 0.25) is 0 Å². The number of halogens is 2. The average Bonchev–Trinajstić information content (AvgIpc) is 2.60. The zero-order valence-corrected chi connectivity index (χ0v) is 17.8. The van der Waals surface area contributed by atoms with Crippen molar-refractivity contribution >= 4 is 29.9 Å². The molecule has 0 aromatic heterocycles. The number of nitrogens with zero attached hydrogens (tertiary/aromatic N) is 1. The van der Waals surface area contributed by atoms with E-state index < -0.39 is 0 Å². The summed E-state index contributed by atoms with van der Waals surface area (Å²) in [5.41, 5.74) is 3.35. The molecule has 2 aromatic rings. The number of hydrogen-bond donors (Lipinski definition) is 2. The van der Waals surface area contributed by atoms with Crippen LogP contribution in [0.25, 0.3) is 0 Å². The van der Waals surface area contributed by atoms with Crippen molar-refractivity contribution < 1.29 is 9.13 Å². The predicted octanol–water partition coefficient (Wildman–Crippen LogP) is 3.71. The first kappa shape index (κ1) is 22.2. The van der Waals surface area contributed by atoms with Crippen LogP contribution in [-0.4, -0.2) is 33.2 Å². The Morgan fingerprint density at radius 3 is 2.46 bits per heavy atom. The lowest BCUT2D eigenvalue weighted by Crippen LogP contribution is -2.39. The number of aryl methyl sites for hydroxylation is 1. The van der Waals surface area contributed by atoms with Gasteiger partial charge in [0.2, 0.25) is 0 Å². The van der Waals surface area contributed by atoms with E-state index in [0.717, 1.165) is 36.7 Å². The van der Waals surface area contributed by atoms with E-state index in [4.69, 9.17) is 4.74 Å². The van der Waals surface area contributed by atoms with Gasteiger partial charge < -0.3 is 15.4 Å². The summed E-state index contributed by atoms with van der Waals surface area (Å²) in [4.78, 5) is 4.22. The first-order chi connectivity index (χ1) is 12.1. The second-order valence-corrected chi connectivity index (χ2v) is 5.87. The average molecular weight is 471 g/mol. The molecular formula is C20H27FIN3O. The smallest absolute Gasteiger partial charge is 0.190 e. The Labute approximate surface area is 172 Å². The van der Waals surface area contributed by atoms with E-state index in [1.165, 1.54) is 17.2 Å². The number of aliphatic imine (C=N–C) groups is 1. The highest BCUT2D eigenvalue weighted by Gasteiger charge is 2.04. The zero-order chi connectivity index (χ0) is 18.1. The van der Waals surface area contributed by atoms with Crippen LogP contribution < -0.4 is 15.4 Å². The third kappa shape index (κ3) is 7.19. The van der Waals surface area contributed by atoms with Crippen molar-refractivity contribution in [2.75, 3.05) is 27.2 Å². The third-order valence-corrected chi connectivity index (χ3v) is 3.94. The summed E-state index contributed by atoms with van der Waals surface area (Å²) in [6, 6.07) is 12.8. The van der Waals surface area contributed by atoms with Gasteiger partial charge in [-0.2, -0.15) is 0 Å². The zero-order valence-electron chi connectivity index (χ0n) is 15.5. The van der Waals surface area contributed by atoms with Crippen molar-refractivity contribution in [2.24, 2.45) is 4.99 Å². The van der Waals surface area contributed by atoms with Gasteiger partial charge in [0.1, 0.15) is 11.6 Å². The van der Waals surface area contributed by atoms with Gasteiger partial charge in [0.05, 0.1) is 7.11 Å². The lowest BCUT2D eigenvalue weighted by Gasteiger charge is -2.13. The van der Waals surface area contributed by atoms with Gasteiger partial charge in [-0.25, -0.2) is 4.39 Å². The number of guanidine groups is 1. The molecule has 0 bridgehead atoms. The Balaban J connectivity index is 0.00000338. The molecule has 0 unspecified atom stereocenters. The first-order valence-corrected chi connectivity index (χ1v) is 8.45. The van der Waals surface area contributed by atoms with Crippen molar-refractivity contribution in [3.8, 4) is 5.75 Å². The second kappa shape index (κ2) is 11.7. The molecule has 0 saturated heterocycles. The highest BCUT2D eigenvalue weighted by molar-refractivity contribution is 14.0. The summed E-state index contributed by atoms with van der Waals surface area (Å²) in [6.07, 6.45) is 1.58. The topological polar surface area (TPSA) is 45.7 Å². The molecule has 0 atom stereocenters. The van der Waals surface area contributed by atoms with Crippen molar-refractivity contribution in [1.82, 2.24) is 10.6 Å². The highest BCUT2D eigenvalue weighted by atomic mass is 127. The number of ether oxygens (including phenoxy) is 1. The Kier molecular flexibility index (Phi) is 10.0. The molecule has 0 saturated carbocycles. The number of nitrogens with one attached hydrogen (secondary N) is 2. The van der Waals surface area contributed by atoms with E-state index in [-0.39, 0.29) is 29.8 Å². The number of hydrogen-bond acceptors (Lipinski definition) is 2. The van der Waals surface area contributed by atoms with Gasteiger partial charge in [-0.05, 0) is 49.1 Å². The molecule has 0 spiro atoms. The summed E-state index contributed by atoms with van der Waals surface area (Å²) in [5, 5.41) is 6.54. The van der Waals surface area contributed by atoms with E-state index in [1.807, 2.05) is 18.2 Å². The summed E-state index contributed by atoms with van der Waals surface area (Å²) in [6.45, 7) is 3.51. The highest BCUT2D eigenvalue weighted by Crippen LogP contribution is 2.19. The second-order valence-electron chi connectivity index (χ2n) is 5.87. The SMILES string of the molecule is CN=C(NCCc1cccc(F)c1)NCCc1cc(C)ccc1OC.I. The van der Waals surface area contributed by atoms with Gasteiger partial charge >= 0.3 is 0 Å². The minimum atomic E-state index is -0.202. The molecule has 2 N–H and O–H groups in total. The van der Waals surface area contributed by atoms with E-state index in [0.29, 0.717) is 6.54 Å². The van der Waals surface area contributed by atoms with Crippen LogP contribution in [0.5, 0.6) is 5.75 Å². The standard InChI is InChI=1S/C20H26FN3O.HI/c1-15-7-8-19(25-3)17(13-15)10-12-24-20(22-2)23-11-9-16-5-4-6-18(21)14-16;/h4-8,13-14H,9-12H2,1-3H3,(H2,22,23,24);1H. The fraction of sp³-hybridized carbons (Fsp3) is 0.350. The molecule has 0 amide bonds. The van der Waals surface area contributed by atoms with Crippen molar-refractivity contribution in [3.05, 3.63) is 65.0 Å². The van der Waals surface area contributed by atoms with Crippen LogP contribution in [-0.2, 0) is 12.8 Å². The van der Waals surface area contributed by atoms with E-state index >= 15 is 0 Å². The number of methoxy groups -OCH3 is 1. The molecule has 2 aromatic carbocycles. The molecule has 26 heavy (non-hydrogen) atoms. The maximum atomic E-state index is 13.2. The van der Waals surface area contributed by atoms with E-state index in [1.54, 1.807) is 26.3 Å². The molecule has 0 fully saturated rings. The molecule has 0 radical (unpaired) electrons. The fourth-order valence-corrected chi connectivity index (χ4v) is 2.66. The lowest BCUT2D eigenvalue weighted by atomic mass is 10.1. The Morgan fingerprint density at radius 1 is 1.08 bits per heavy atom. The van der Waals surface area contributed by atoms with E-state index in [9.17, 15) is 4.39 Å². The van der Waals surface area contributed by atoms with Gasteiger partial charge in [0.15, 0.2) is 5.96 Å². The number of rotatable bonds is 7. The summed E-state index contributed by atoms with van der Waals surface area (Å²) in [5.74, 6) is 1.44. The molecule has 6 heteroatoms. The molecule has 0 aliphatic carbocycles. The fourth-order valence-electron chi connectivity index (χ4n) is 2.66. The maximum Gasteiger partial charge on any atom is 0.190 e. The van der Waals surface area contributed by atoms with Crippen molar-refractivity contribution in [3.63, 3.8) is 0 Å². The summed E-state index contributed by atoms with van der Waals surface area (Å²) in [7, 11) is 3.43. The molecule has 0 aliphatic heterocycles. The predicted molar refractivity (Wildman–Crippen MR) is 116 cm³/mol. The third-order valence-electron chi connectivity index (χ3n) is 3.94. The van der Waals surface area contributed by atoms with Crippen LogP contribution in [0.15, 0.2) is 47.5 Å². The van der Waals surface area contributed by atoms with Crippen molar-refractivity contribution in [2.45, 2.75) is 19.8 Å². The Morgan fingerprint density at radius 2 is 1.81 bits per heavy atom. The molecule has 2 rings (SSSR count). The van der Waals surface area contributed by atoms with Crippen molar-refractivity contribution in [1.29, 1.82) is 0 Å². The molecule has 142 valence electrons. The van der Waals surface area contributed by atoms with E-state index in [2.05, 4.69) is 28.6 Å². The van der Waals surface area contributed by atoms with Gasteiger partial charge in [-0.15, -0.1) is 24.0 Å². The van der Waals surface area contributed by atoms with Gasteiger partial charge in [-0.3, -0.25) is 4.99 Å². The van der Waals surface area contributed by atoms with Crippen LogP contribution >= 0.6 is 24.0 Å². The number of benzene rings is 2. The normalized spacial score (nSPS) is 10.8. The van der Waals surface area contributed by atoms with Crippen LogP contribution in [0, 0.1) is 12.7 Å². The van der Waals surface area contributed by atoms with Crippen LogP contribution in [0.1, 0.15) is 16.7 Å². The lowest BCUT2D eigenvalue weighted by molar-refractivity contribution is 0.409. The van der Waals surface area contributed by atoms with Crippen LogP contribution in [0.4, 0.5) is 4.39 Å². The first-order valence-electron chi connectivity index (χ1n) is 8.45. The maximum absolute atomic E-state index is 13.2. The minimum Gasteiger partial charge on any atom is -0.496 e. The monoisotopic (exact) mass is 471 g/mol. The summed E-state index contributed by atoms with van der Waals surface area (Å²) < 4.78 is 18.6. The Hall–Kier alpha value is -1.83.